The molecule has 0 radical (unpaired) electrons. The molecule has 5 nitrogen and oxygen atoms in total. The number of amides is 1. The molecule has 2 aliphatic rings. The monoisotopic (exact) mass is 433 g/mol. The van der Waals surface area contributed by atoms with Crippen LogP contribution in [0.15, 0.2) is 9.95 Å². The van der Waals surface area contributed by atoms with Gasteiger partial charge < -0.3 is 5.32 Å². The van der Waals surface area contributed by atoms with Gasteiger partial charge in [0.15, 0.2) is 5.16 Å². The van der Waals surface area contributed by atoms with E-state index in [4.69, 9.17) is 4.98 Å². The minimum absolute atomic E-state index is 0.0499. The third kappa shape index (κ3) is 4.41. The zero-order valence-electron chi connectivity index (χ0n) is 17.5. The van der Waals surface area contributed by atoms with Gasteiger partial charge in [-0.1, -0.05) is 37.9 Å². The summed E-state index contributed by atoms with van der Waals surface area (Å²) in [6.45, 7) is 4.17. The fourth-order valence-electron chi connectivity index (χ4n) is 4.52. The smallest absolute Gasteiger partial charge is 0.263 e. The Morgan fingerprint density at radius 1 is 1.24 bits per heavy atom. The van der Waals surface area contributed by atoms with Crippen LogP contribution in [0.4, 0.5) is 0 Å². The van der Waals surface area contributed by atoms with Crippen LogP contribution in [0, 0.1) is 0 Å². The average Bonchev–Trinajstić information content (AvgIpc) is 3.27. The molecule has 2 aliphatic carbocycles. The van der Waals surface area contributed by atoms with Gasteiger partial charge in [-0.25, -0.2) is 4.98 Å². The van der Waals surface area contributed by atoms with Crippen molar-refractivity contribution in [3.8, 4) is 0 Å². The van der Waals surface area contributed by atoms with Gasteiger partial charge in [0.1, 0.15) is 4.83 Å². The van der Waals surface area contributed by atoms with Crippen LogP contribution in [0.1, 0.15) is 81.7 Å². The van der Waals surface area contributed by atoms with Gasteiger partial charge >= 0.3 is 0 Å². The normalized spacial score (nSPS) is 18.6. The van der Waals surface area contributed by atoms with Crippen LogP contribution in [0.5, 0.6) is 0 Å². The quantitative estimate of drug-likeness (QED) is 0.402. The molecular formula is C22H31N3O2S2. The summed E-state index contributed by atoms with van der Waals surface area (Å²) >= 11 is 3.10. The molecule has 1 N–H and O–H groups in total. The topological polar surface area (TPSA) is 64.0 Å². The zero-order chi connectivity index (χ0) is 20.4. The Morgan fingerprint density at radius 3 is 2.76 bits per heavy atom. The lowest BCUT2D eigenvalue weighted by molar-refractivity contribution is -0.119. The fourth-order valence-corrected chi connectivity index (χ4v) is 6.73. The molecule has 0 spiro atoms. The first kappa shape index (κ1) is 20.9. The van der Waals surface area contributed by atoms with Gasteiger partial charge in [-0.3, -0.25) is 14.2 Å². The largest absolute Gasteiger partial charge is 0.353 e. The van der Waals surface area contributed by atoms with Crippen molar-refractivity contribution in [3.05, 3.63) is 20.8 Å². The van der Waals surface area contributed by atoms with Crippen molar-refractivity contribution in [1.82, 2.24) is 14.9 Å². The van der Waals surface area contributed by atoms with E-state index >= 15 is 0 Å². The van der Waals surface area contributed by atoms with Gasteiger partial charge in [-0.05, 0) is 57.4 Å². The maximum atomic E-state index is 13.5. The molecule has 2 heterocycles. The van der Waals surface area contributed by atoms with Crippen molar-refractivity contribution in [2.75, 3.05) is 5.75 Å². The molecule has 158 valence electrons. The summed E-state index contributed by atoms with van der Waals surface area (Å²) in [6.07, 6.45) is 11.1. The van der Waals surface area contributed by atoms with Crippen LogP contribution >= 0.6 is 23.1 Å². The molecule has 4 rings (SSSR count). The lowest BCUT2D eigenvalue weighted by Crippen LogP contribution is -2.34. The predicted octanol–water partition coefficient (Wildman–Crippen LogP) is 4.85. The van der Waals surface area contributed by atoms with Gasteiger partial charge in [-0.15, -0.1) is 11.3 Å². The summed E-state index contributed by atoms with van der Waals surface area (Å²) in [5.74, 6) is 0.365. The summed E-state index contributed by atoms with van der Waals surface area (Å²) in [6, 6.07) is 0.393. The number of thiophene rings is 1. The van der Waals surface area contributed by atoms with Gasteiger partial charge in [0, 0.05) is 17.0 Å². The Hall–Kier alpha value is -1.34. The Balaban J connectivity index is 1.65. The van der Waals surface area contributed by atoms with Crippen LogP contribution in [0.2, 0.25) is 0 Å². The lowest BCUT2D eigenvalue weighted by atomic mass is 10.1. The highest BCUT2D eigenvalue weighted by atomic mass is 32.2. The molecular weight excluding hydrogens is 402 g/mol. The number of carbonyl (C=O) groups excluding carboxylic acids is 1. The SMILES string of the molecule is CCC(C)n1c(SCC(=O)NC2CCCC2)nc2sc3c(c2c1=O)CCCCC3. The number of carbonyl (C=O) groups is 1. The van der Waals surface area contributed by atoms with Crippen molar-refractivity contribution in [2.45, 2.75) is 95.3 Å². The molecule has 29 heavy (non-hydrogen) atoms. The number of thioether (sulfide) groups is 1. The molecule has 2 aromatic rings. The molecule has 0 aromatic carbocycles. The summed E-state index contributed by atoms with van der Waals surface area (Å²) in [7, 11) is 0. The van der Waals surface area contributed by atoms with Gasteiger partial charge in [0.05, 0.1) is 11.1 Å². The minimum atomic E-state index is 0.0499. The van der Waals surface area contributed by atoms with Crippen molar-refractivity contribution < 1.29 is 4.79 Å². The van der Waals surface area contributed by atoms with E-state index in [2.05, 4.69) is 19.2 Å². The van der Waals surface area contributed by atoms with Crippen LogP contribution in [-0.4, -0.2) is 27.3 Å². The highest BCUT2D eigenvalue weighted by Crippen LogP contribution is 2.34. The summed E-state index contributed by atoms with van der Waals surface area (Å²) < 4.78 is 1.84. The number of hydrogen-bond donors (Lipinski definition) is 1. The van der Waals surface area contributed by atoms with E-state index in [0.29, 0.717) is 17.0 Å². The number of rotatable bonds is 6. The minimum Gasteiger partial charge on any atom is -0.353 e. The first-order valence-corrected chi connectivity index (χ1v) is 12.9. The third-order valence-electron chi connectivity index (χ3n) is 6.32. The van der Waals surface area contributed by atoms with Gasteiger partial charge in [0.25, 0.3) is 5.56 Å². The van der Waals surface area contributed by atoms with E-state index in [0.717, 1.165) is 48.7 Å². The van der Waals surface area contributed by atoms with Crippen molar-refractivity contribution >= 4 is 39.2 Å². The highest BCUT2D eigenvalue weighted by molar-refractivity contribution is 7.99. The maximum absolute atomic E-state index is 13.5. The number of aryl methyl sites for hydroxylation is 2. The third-order valence-corrected chi connectivity index (χ3v) is 8.46. The number of nitrogens with zero attached hydrogens (tertiary/aromatic N) is 2. The standard InChI is InChI=1S/C22H31N3O2S2/c1-3-14(2)25-21(27)19-16-11-5-4-6-12-17(16)29-20(19)24-22(25)28-13-18(26)23-15-9-7-8-10-15/h14-15H,3-13H2,1-2H3,(H,23,26). The first-order valence-electron chi connectivity index (χ1n) is 11.1. The van der Waals surface area contributed by atoms with Crippen LogP contribution in [0.3, 0.4) is 0 Å². The molecule has 1 unspecified atom stereocenters. The predicted molar refractivity (Wildman–Crippen MR) is 121 cm³/mol. The number of aromatic nitrogens is 2. The number of nitrogens with one attached hydrogen (secondary N) is 1. The summed E-state index contributed by atoms with van der Waals surface area (Å²) in [5.41, 5.74) is 1.33. The second-order valence-corrected chi connectivity index (χ2v) is 10.4. The average molecular weight is 434 g/mol. The van der Waals surface area contributed by atoms with E-state index in [1.165, 1.54) is 47.9 Å². The van der Waals surface area contributed by atoms with Crippen LogP contribution in [-0.2, 0) is 17.6 Å². The molecule has 0 bridgehead atoms. The molecule has 7 heteroatoms. The molecule has 2 aromatic heterocycles. The molecule has 1 saturated carbocycles. The Morgan fingerprint density at radius 2 is 2.00 bits per heavy atom. The lowest BCUT2D eigenvalue weighted by Gasteiger charge is -2.18. The van der Waals surface area contributed by atoms with E-state index in [1.807, 2.05) is 4.57 Å². The molecule has 1 fully saturated rings. The van der Waals surface area contributed by atoms with Crippen molar-refractivity contribution in [1.29, 1.82) is 0 Å². The van der Waals surface area contributed by atoms with Crippen molar-refractivity contribution in [2.24, 2.45) is 0 Å². The maximum Gasteiger partial charge on any atom is 0.263 e. The Bertz CT molecular complexity index is 944. The van der Waals surface area contributed by atoms with E-state index in [9.17, 15) is 9.59 Å². The number of fused-ring (bicyclic) bond motifs is 3. The van der Waals surface area contributed by atoms with Crippen LogP contribution in [0.25, 0.3) is 10.2 Å². The molecule has 1 atom stereocenters. The molecule has 0 saturated heterocycles. The number of hydrogen-bond acceptors (Lipinski definition) is 5. The van der Waals surface area contributed by atoms with Crippen LogP contribution < -0.4 is 10.9 Å². The molecule has 0 aliphatic heterocycles. The second kappa shape index (κ2) is 9.21. The van der Waals surface area contributed by atoms with Crippen molar-refractivity contribution in [3.63, 3.8) is 0 Å². The Kier molecular flexibility index (Phi) is 6.64. The van der Waals surface area contributed by atoms with E-state index < -0.39 is 0 Å². The summed E-state index contributed by atoms with van der Waals surface area (Å²) in [5, 5.41) is 4.67. The first-order chi connectivity index (χ1) is 14.1. The Labute approximate surface area is 180 Å². The fraction of sp³-hybridized carbons (Fsp3) is 0.682. The van der Waals surface area contributed by atoms with E-state index in [-0.39, 0.29) is 17.5 Å². The van der Waals surface area contributed by atoms with E-state index in [1.54, 1.807) is 11.3 Å². The van der Waals surface area contributed by atoms with Gasteiger partial charge in [-0.2, -0.15) is 0 Å². The zero-order valence-corrected chi connectivity index (χ0v) is 19.1. The summed E-state index contributed by atoms with van der Waals surface area (Å²) in [4.78, 5) is 33.1. The second-order valence-electron chi connectivity index (χ2n) is 8.41. The molecule has 1 amide bonds. The highest BCUT2D eigenvalue weighted by Gasteiger charge is 2.24. The van der Waals surface area contributed by atoms with Gasteiger partial charge in [0.2, 0.25) is 5.91 Å².